The Morgan fingerprint density at radius 3 is 3.12 bits per heavy atom. The molecule has 1 heterocycles. The first-order valence-electron chi connectivity index (χ1n) is 6.27. The Hall–Kier alpha value is -0.770. The Labute approximate surface area is 107 Å². The minimum Gasteiger partial charge on any atom is -0.386 e. The van der Waals surface area contributed by atoms with Crippen molar-refractivity contribution in [3.63, 3.8) is 0 Å². The fourth-order valence-electron chi connectivity index (χ4n) is 3.30. The molecule has 0 spiro atoms. The lowest BCUT2D eigenvalue weighted by molar-refractivity contribution is 0.229. The molecule has 4 N–H and O–H groups in total. The Bertz CT molecular complexity index is 353. The molecule has 0 aromatic carbocycles. The van der Waals surface area contributed by atoms with Crippen LogP contribution in [0.25, 0.3) is 0 Å². The Morgan fingerprint density at radius 1 is 1.71 bits per heavy atom. The van der Waals surface area contributed by atoms with Gasteiger partial charge in [0.05, 0.1) is 4.75 Å². The van der Waals surface area contributed by atoms with Crippen LogP contribution in [0.15, 0.2) is 12.2 Å². The van der Waals surface area contributed by atoms with Gasteiger partial charge in [0.2, 0.25) is 0 Å². The van der Waals surface area contributed by atoms with E-state index in [4.69, 9.17) is 16.6 Å². The van der Waals surface area contributed by atoms with Crippen LogP contribution >= 0.6 is 11.8 Å². The van der Waals surface area contributed by atoms with Gasteiger partial charge in [0.15, 0.2) is 0 Å². The molecule has 1 aliphatic carbocycles. The molecule has 0 bridgehead atoms. The van der Waals surface area contributed by atoms with E-state index in [0.29, 0.717) is 23.6 Å². The van der Waals surface area contributed by atoms with Gasteiger partial charge in [-0.25, -0.2) is 0 Å². The smallest absolute Gasteiger partial charge is 0.111 e. The Morgan fingerprint density at radius 2 is 2.47 bits per heavy atom. The summed E-state index contributed by atoms with van der Waals surface area (Å²) in [6.07, 6.45) is 8.94. The molecule has 2 rings (SSSR count). The topological polar surface area (TPSA) is 73.7 Å². The summed E-state index contributed by atoms with van der Waals surface area (Å²) in [7, 11) is 0. The summed E-state index contributed by atoms with van der Waals surface area (Å²) >= 11 is 1.83. The van der Waals surface area contributed by atoms with E-state index in [-0.39, 0.29) is 4.75 Å². The molecular formula is C13H21N3S. The summed E-state index contributed by atoms with van der Waals surface area (Å²) < 4.78 is -0.237. The molecule has 4 atom stereocenters. The maximum atomic E-state index is 7.90. The van der Waals surface area contributed by atoms with Crippen LogP contribution in [0.1, 0.15) is 26.2 Å². The van der Waals surface area contributed by atoms with Crippen LogP contribution < -0.4 is 5.73 Å². The molecule has 0 aromatic heterocycles. The standard InChI is InChI=1S/C13H21N3S/c1-9(4-7-14)10-3-2-6-13(12(15)16)11(10)5-8-17-13/h2,6-7,9-11,14H,3-5,8H2,1H3,(H3,15,16). The van der Waals surface area contributed by atoms with E-state index < -0.39 is 0 Å². The van der Waals surface area contributed by atoms with E-state index in [0.717, 1.165) is 25.0 Å². The van der Waals surface area contributed by atoms with Crippen molar-refractivity contribution in [2.75, 3.05) is 5.75 Å². The molecule has 0 aromatic rings. The predicted octanol–water partition coefficient (Wildman–Crippen LogP) is 2.67. The predicted molar refractivity (Wildman–Crippen MR) is 75.0 cm³/mol. The number of fused-ring (bicyclic) bond motifs is 1. The average Bonchev–Trinajstić information content (AvgIpc) is 2.73. The van der Waals surface area contributed by atoms with E-state index >= 15 is 0 Å². The number of hydrogen-bond donors (Lipinski definition) is 3. The van der Waals surface area contributed by atoms with Crippen molar-refractivity contribution in [2.45, 2.75) is 30.9 Å². The van der Waals surface area contributed by atoms with Crippen LogP contribution in [0.3, 0.4) is 0 Å². The second-order valence-corrected chi connectivity index (χ2v) is 6.54. The minimum absolute atomic E-state index is 0.237. The highest BCUT2D eigenvalue weighted by Gasteiger charge is 2.50. The van der Waals surface area contributed by atoms with Crippen molar-refractivity contribution in [1.82, 2.24) is 0 Å². The van der Waals surface area contributed by atoms with Gasteiger partial charge < -0.3 is 11.1 Å². The lowest BCUT2D eigenvalue weighted by Crippen LogP contribution is -2.48. The molecule has 4 heteroatoms. The van der Waals surface area contributed by atoms with Gasteiger partial charge in [-0.1, -0.05) is 19.1 Å². The van der Waals surface area contributed by atoms with Crippen molar-refractivity contribution >= 4 is 23.8 Å². The van der Waals surface area contributed by atoms with Crippen LogP contribution in [-0.4, -0.2) is 22.6 Å². The summed E-state index contributed by atoms with van der Waals surface area (Å²) in [4.78, 5) is 0. The average molecular weight is 251 g/mol. The van der Waals surface area contributed by atoms with Crippen LogP contribution in [-0.2, 0) is 0 Å². The molecule has 94 valence electrons. The summed E-state index contributed by atoms with van der Waals surface area (Å²) in [5, 5.41) is 15.2. The molecular weight excluding hydrogens is 230 g/mol. The molecule has 0 radical (unpaired) electrons. The number of rotatable bonds is 4. The fourth-order valence-corrected chi connectivity index (χ4v) is 4.87. The first-order chi connectivity index (χ1) is 8.12. The number of amidine groups is 1. The van der Waals surface area contributed by atoms with Gasteiger partial charge in [-0.3, -0.25) is 5.41 Å². The third-order valence-corrected chi connectivity index (χ3v) is 5.83. The van der Waals surface area contributed by atoms with Crippen molar-refractivity contribution in [1.29, 1.82) is 10.8 Å². The summed E-state index contributed by atoms with van der Waals surface area (Å²) in [5.41, 5.74) is 5.85. The van der Waals surface area contributed by atoms with Gasteiger partial charge in [-0.15, -0.1) is 11.8 Å². The molecule has 0 amide bonds. The van der Waals surface area contributed by atoms with Crippen LogP contribution in [0.4, 0.5) is 0 Å². The minimum atomic E-state index is -0.237. The number of thioether (sulfide) groups is 1. The number of nitrogens with one attached hydrogen (secondary N) is 2. The molecule has 17 heavy (non-hydrogen) atoms. The third kappa shape index (κ3) is 2.03. The monoisotopic (exact) mass is 251 g/mol. The van der Waals surface area contributed by atoms with Gasteiger partial charge in [0.25, 0.3) is 0 Å². The number of hydrogen-bond acceptors (Lipinski definition) is 3. The van der Waals surface area contributed by atoms with Crippen molar-refractivity contribution < 1.29 is 0 Å². The molecule has 1 aliphatic heterocycles. The molecule has 1 saturated heterocycles. The first kappa shape index (κ1) is 12.7. The summed E-state index contributed by atoms with van der Waals surface area (Å²) in [6.45, 7) is 2.22. The normalized spacial score (nSPS) is 37.5. The highest BCUT2D eigenvalue weighted by Crippen LogP contribution is 2.52. The fraction of sp³-hybridized carbons (Fsp3) is 0.692. The van der Waals surface area contributed by atoms with Gasteiger partial charge in [0.1, 0.15) is 5.84 Å². The third-order valence-electron chi connectivity index (χ3n) is 4.25. The number of allylic oxidation sites excluding steroid dienone is 1. The lowest BCUT2D eigenvalue weighted by atomic mass is 9.68. The first-order valence-corrected chi connectivity index (χ1v) is 7.25. The molecule has 4 unspecified atom stereocenters. The van der Waals surface area contributed by atoms with E-state index in [1.165, 1.54) is 6.21 Å². The highest BCUT2D eigenvalue weighted by molar-refractivity contribution is 8.01. The molecule has 2 aliphatic rings. The van der Waals surface area contributed by atoms with Crippen molar-refractivity contribution in [3.05, 3.63) is 12.2 Å². The second kappa shape index (κ2) is 4.84. The highest BCUT2D eigenvalue weighted by atomic mass is 32.2. The van der Waals surface area contributed by atoms with E-state index in [1.807, 2.05) is 11.8 Å². The van der Waals surface area contributed by atoms with Crippen molar-refractivity contribution in [3.8, 4) is 0 Å². The lowest BCUT2D eigenvalue weighted by Gasteiger charge is -2.41. The van der Waals surface area contributed by atoms with Gasteiger partial charge in [0, 0.05) is 0 Å². The quantitative estimate of drug-likeness (QED) is 0.408. The zero-order valence-corrected chi connectivity index (χ0v) is 11.1. The zero-order valence-electron chi connectivity index (χ0n) is 10.3. The molecule has 3 nitrogen and oxygen atoms in total. The van der Waals surface area contributed by atoms with Crippen LogP contribution in [0, 0.1) is 28.6 Å². The van der Waals surface area contributed by atoms with Gasteiger partial charge in [-0.2, -0.15) is 0 Å². The second-order valence-electron chi connectivity index (χ2n) is 5.17. The maximum Gasteiger partial charge on any atom is 0.111 e. The SMILES string of the molecule is CC(CC=N)C1CC=CC2(C(=N)N)SCCC12. The van der Waals surface area contributed by atoms with E-state index in [2.05, 4.69) is 19.1 Å². The number of nitrogens with two attached hydrogens (primary N) is 1. The van der Waals surface area contributed by atoms with E-state index in [1.54, 1.807) is 0 Å². The molecule has 1 fully saturated rings. The van der Waals surface area contributed by atoms with Crippen LogP contribution in [0.2, 0.25) is 0 Å². The Kier molecular flexibility index (Phi) is 3.61. The summed E-state index contributed by atoms with van der Waals surface area (Å²) in [5.74, 6) is 2.99. The zero-order chi connectivity index (χ0) is 12.5. The summed E-state index contributed by atoms with van der Waals surface area (Å²) in [6, 6.07) is 0. The van der Waals surface area contributed by atoms with Crippen molar-refractivity contribution in [2.24, 2.45) is 23.5 Å². The van der Waals surface area contributed by atoms with Crippen LogP contribution in [0.5, 0.6) is 0 Å². The largest absolute Gasteiger partial charge is 0.386 e. The van der Waals surface area contributed by atoms with Gasteiger partial charge in [-0.05, 0) is 49.0 Å². The van der Waals surface area contributed by atoms with Gasteiger partial charge >= 0.3 is 0 Å². The van der Waals surface area contributed by atoms with E-state index in [9.17, 15) is 0 Å². The Balaban J connectivity index is 2.26. The molecule has 0 saturated carbocycles. The maximum absolute atomic E-state index is 7.90.